The van der Waals surface area contributed by atoms with Gasteiger partial charge in [0.1, 0.15) is 4.90 Å². The van der Waals surface area contributed by atoms with Crippen LogP contribution in [0.25, 0.3) is 0 Å². The topological polar surface area (TPSA) is 75.3 Å². The second kappa shape index (κ2) is 4.63. The molecule has 1 aromatic rings. The Labute approximate surface area is 96.1 Å². The number of carbonyl (C=O) groups excluding carboxylic acids is 1. The number of sulfonamides is 1. The third-order valence-corrected chi connectivity index (χ3v) is 3.92. The normalized spacial score (nSPS) is 10.8. The molecular weight excluding hydrogens is 284 g/mol. The maximum atomic E-state index is 11.6. The van der Waals surface area contributed by atoms with Crippen LogP contribution in [0.5, 0.6) is 0 Å². The molecule has 0 aromatic heterocycles. The SMILES string of the molecule is CNC(=O)NS(=O)(=O)c1ccccc1Br. The van der Waals surface area contributed by atoms with E-state index in [1.807, 2.05) is 4.72 Å². The molecule has 0 bridgehead atoms. The monoisotopic (exact) mass is 292 g/mol. The number of carbonyl (C=O) groups is 1. The summed E-state index contributed by atoms with van der Waals surface area (Å²) >= 11 is 3.09. The standard InChI is InChI=1S/C8H9BrN2O3S/c1-10-8(12)11-15(13,14)7-5-3-2-4-6(7)9/h2-5H,1H3,(H2,10,11,12). The summed E-state index contributed by atoms with van der Waals surface area (Å²) in [5.41, 5.74) is 0. The minimum Gasteiger partial charge on any atom is -0.340 e. The molecule has 0 spiro atoms. The summed E-state index contributed by atoms with van der Waals surface area (Å²) in [7, 11) is -2.47. The van der Waals surface area contributed by atoms with Crippen molar-refractivity contribution in [2.45, 2.75) is 4.90 Å². The number of urea groups is 1. The highest BCUT2D eigenvalue weighted by molar-refractivity contribution is 9.10. The molecule has 1 rings (SSSR count). The average molecular weight is 293 g/mol. The molecule has 2 N–H and O–H groups in total. The van der Waals surface area contributed by atoms with Crippen LogP contribution in [0.3, 0.4) is 0 Å². The lowest BCUT2D eigenvalue weighted by Crippen LogP contribution is -2.37. The van der Waals surface area contributed by atoms with Crippen molar-refractivity contribution in [1.29, 1.82) is 0 Å². The van der Waals surface area contributed by atoms with Gasteiger partial charge >= 0.3 is 6.03 Å². The van der Waals surface area contributed by atoms with E-state index in [4.69, 9.17) is 0 Å². The van der Waals surface area contributed by atoms with Gasteiger partial charge in [0.15, 0.2) is 0 Å². The lowest BCUT2D eigenvalue weighted by Gasteiger charge is -2.07. The Morgan fingerprint density at radius 3 is 2.47 bits per heavy atom. The number of hydrogen-bond donors (Lipinski definition) is 2. The number of nitrogens with one attached hydrogen (secondary N) is 2. The molecule has 1 aromatic carbocycles. The second-order valence-electron chi connectivity index (χ2n) is 2.62. The lowest BCUT2D eigenvalue weighted by atomic mass is 10.4. The molecule has 2 amide bonds. The van der Waals surface area contributed by atoms with E-state index in [1.54, 1.807) is 18.2 Å². The van der Waals surface area contributed by atoms with E-state index in [2.05, 4.69) is 21.2 Å². The van der Waals surface area contributed by atoms with Crippen LogP contribution in [0.4, 0.5) is 4.79 Å². The summed E-state index contributed by atoms with van der Waals surface area (Å²) < 4.78 is 25.5. The molecule has 0 saturated heterocycles. The van der Waals surface area contributed by atoms with Gasteiger partial charge in [-0.05, 0) is 28.1 Å². The van der Waals surface area contributed by atoms with Gasteiger partial charge in [0, 0.05) is 11.5 Å². The van der Waals surface area contributed by atoms with E-state index >= 15 is 0 Å². The van der Waals surface area contributed by atoms with E-state index < -0.39 is 16.1 Å². The number of benzene rings is 1. The molecule has 0 unspecified atom stereocenters. The highest BCUT2D eigenvalue weighted by Crippen LogP contribution is 2.20. The molecule has 0 aliphatic carbocycles. The molecule has 0 radical (unpaired) electrons. The molecule has 0 aliphatic rings. The summed E-state index contributed by atoms with van der Waals surface area (Å²) in [6, 6.07) is 5.46. The molecule has 0 saturated carbocycles. The van der Waals surface area contributed by atoms with Crippen molar-refractivity contribution in [2.75, 3.05) is 7.05 Å². The minimum absolute atomic E-state index is 0.0219. The van der Waals surface area contributed by atoms with E-state index in [0.717, 1.165) is 0 Å². The van der Waals surface area contributed by atoms with E-state index in [0.29, 0.717) is 4.47 Å². The van der Waals surface area contributed by atoms with Crippen molar-refractivity contribution < 1.29 is 13.2 Å². The van der Waals surface area contributed by atoms with E-state index in [1.165, 1.54) is 13.1 Å². The van der Waals surface area contributed by atoms with Crippen molar-refractivity contribution in [3.63, 3.8) is 0 Å². The fraction of sp³-hybridized carbons (Fsp3) is 0.125. The van der Waals surface area contributed by atoms with E-state index in [9.17, 15) is 13.2 Å². The zero-order chi connectivity index (χ0) is 11.5. The zero-order valence-electron chi connectivity index (χ0n) is 7.82. The van der Waals surface area contributed by atoms with Crippen LogP contribution in [0.15, 0.2) is 33.6 Å². The Bertz CT molecular complexity index is 473. The quantitative estimate of drug-likeness (QED) is 0.856. The maximum Gasteiger partial charge on any atom is 0.328 e. The van der Waals surface area contributed by atoms with Crippen LogP contribution in [0.2, 0.25) is 0 Å². The number of halogens is 1. The first-order chi connectivity index (χ1) is 6.97. The summed E-state index contributed by atoms with van der Waals surface area (Å²) in [4.78, 5) is 10.9. The van der Waals surface area contributed by atoms with Crippen LogP contribution in [-0.4, -0.2) is 21.5 Å². The van der Waals surface area contributed by atoms with Gasteiger partial charge in [-0.1, -0.05) is 12.1 Å². The Morgan fingerprint density at radius 1 is 1.33 bits per heavy atom. The molecule has 15 heavy (non-hydrogen) atoms. The second-order valence-corrected chi connectivity index (χ2v) is 5.12. The molecule has 7 heteroatoms. The van der Waals surface area contributed by atoms with Crippen molar-refractivity contribution >= 4 is 32.0 Å². The number of rotatable bonds is 2. The highest BCUT2D eigenvalue weighted by atomic mass is 79.9. The third kappa shape index (κ3) is 2.93. The van der Waals surface area contributed by atoms with Gasteiger partial charge < -0.3 is 5.32 Å². The van der Waals surface area contributed by atoms with Gasteiger partial charge in [-0.25, -0.2) is 17.9 Å². The molecule has 0 heterocycles. The van der Waals surface area contributed by atoms with Crippen LogP contribution in [0.1, 0.15) is 0 Å². The number of amides is 2. The first-order valence-corrected chi connectivity index (χ1v) is 6.24. The Balaban J connectivity index is 3.07. The molecule has 0 aliphatic heterocycles. The van der Waals surface area contributed by atoms with Gasteiger partial charge in [0.25, 0.3) is 10.0 Å². The largest absolute Gasteiger partial charge is 0.340 e. The van der Waals surface area contributed by atoms with Crippen LogP contribution >= 0.6 is 15.9 Å². The maximum absolute atomic E-state index is 11.6. The van der Waals surface area contributed by atoms with Gasteiger partial charge in [-0.15, -0.1) is 0 Å². The predicted molar refractivity (Wildman–Crippen MR) is 58.9 cm³/mol. The van der Waals surface area contributed by atoms with Crippen molar-refractivity contribution in [3.8, 4) is 0 Å². The highest BCUT2D eigenvalue weighted by Gasteiger charge is 2.18. The first-order valence-electron chi connectivity index (χ1n) is 3.96. The van der Waals surface area contributed by atoms with E-state index in [-0.39, 0.29) is 4.90 Å². The minimum atomic E-state index is -3.81. The Hall–Kier alpha value is -1.08. The molecule has 5 nitrogen and oxygen atoms in total. The van der Waals surface area contributed by atoms with Crippen molar-refractivity contribution in [1.82, 2.24) is 10.0 Å². The summed E-state index contributed by atoms with van der Waals surface area (Å²) in [6.45, 7) is 0. The van der Waals surface area contributed by atoms with Gasteiger partial charge in [-0.3, -0.25) is 0 Å². The van der Waals surface area contributed by atoms with Gasteiger partial charge in [0.2, 0.25) is 0 Å². The van der Waals surface area contributed by atoms with Crippen LogP contribution < -0.4 is 10.0 Å². The molecular formula is C8H9BrN2O3S. The molecule has 82 valence electrons. The first kappa shape index (κ1) is 12.0. The van der Waals surface area contributed by atoms with Crippen molar-refractivity contribution in [3.05, 3.63) is 28.7 Å². The van der Waals surface area contributed by atoms with Crippen molar-refractivity contribution in [2.24, 2.45) is 0 Å². The lowest BCUT2D eigenvalue weighted by molar-refractivity contribution is 0.248. The average Bonchev–Trinajstić information content (AvgIpc) is 2.17. The summed E-state index contributed by atoms with van der Waals surface area (Å²) in [6.07, 6.45) is 0. The summed E-state index contributed by atoms with van der Waals surface area (Å²) in [5, 5.41) is 2.17. The Morgan fingerprint density at radius 2 is 1.93 bits per heavy atom. The molecule has 0 atom stereocenters. The predicted octanol–water partition coefficient (Wildman–Crippen LogP) is 1.07. The Kier molecular flexibility index (Phi) is 3.70. The fourth-order valence-corrected chi connectivity index (χ4v) is 2.85. The third-order valence-electron chi connectivity index (χ3n) is 1.58. The van der Waals surface area contributed by atoms with Crippen LogP contribution in [0, 0.1) is 0 Å². The molecule has 0 fully saturated rings. The fourth-order valence-electron chi connectivity index (χ4n) is 0.891. The summed E-state index contributed by atoms with van der Waals surface area (Å²) in [5.74, 6) is 0. The zero-order valence-corrected chi connectivity index (χ0v) is 10.2. The smallest absolute Gasteiger partial charge is 0.328 e. The number of hydrogen-bond acceptors (Lipinski definition) is 3. The van der Waals surface area contributed by atoms with Gasteiger partial charge in [-0.2, -0.15) is 0 Å². The van der Waals surface area contributed by atoms with Gasteiger partial charge in [0.05, 0.1) is 0 Å². The van der Waals surface area contributed by atoms with Crippen LogP contribution in [-0.2, 0) is 10.0 Å².